The van der Waals surface area contributed by atoms with Crippen molar-refractivity contribution in [2.75, 3.05) is 25.2 Å². The van der Waals surface area contributed by atoms with E-state index in [0.29, 0.717) is 41.9 Å². The van der Waals surface area contributed by atoms with Crippen LogP contribution < -0.4 is 14.8 Å². The highest BCUT2D eigenvalue weighted by Gasteiger charge is 2.35. The van der Waals surface area contributed by atoms with Crippen molar-refractivity contribution in [3.8, 4) is 5.75 Å². The molecule has 0 radical (unpaired) electrons. The third-order valence-electron chi connectivity index (χ3n) is 7.61. The molecule has 10 nitrogen and oxygen atoms in total. The number of nitrogens with two attached hydrogens (primary N) is 1. The summed E-state index contributed by atoms with van der Waals surface area (Å²) in [5.74, 6) is 0.366. The normalized spacial score (nSPS) is 20.8. The fraction of sp³-hybridized carbons (Fsp3) is 0.444. The maximum Gasteiger partial charge on any atom is 0.333 e. The molecule has 3 atom stereocenters. The molecule has 3 N–H and O–H groups in total. The van der Waals surface area contributed by atoms with Gasteiger partial charge >= 0.3 is 10.3 Å². The zero-order valence-electron chi connectivity index (χ0n) is 21.9. The van der Waals surface area contributed by atoms with Crippen molar-refractivity contribution >= 4 is 33.1 Å². The first-order valence-corrected chi connectivity index (χ1v) is 15.1. The number of thiophene rings is 1. The van der Waals surface area contributed by atoms with Gasteiger partial charge in [-0.3, -0.25) is 8.98 Å². The number of carbonyl (C=O) groups excluding carboxylic acids is 1. The summed E-state index contributed by atoms with van der Waals surface area (Å²) in [7, 11) is -2.40. The zero-order valence-corrected chi connectivity index (χ0v) is 23.5. The Hall–Kier alpha value is -2.90. The Morgan fingerprint density at radius 1 is 1.28 bits per heavy atom. The summed E-state index contributed by atoms with van der Waals surface area (Å²) in [5, 5.41) is 15.3. The second kappa shape index (κ2) is 11.3. The number of ether oxygens (including phenoxy) is 1. The van der Waals surface area contributed by atoms with E-state index in [1.54, 1.807) is 13.3 Å². The highest BCUT2D eigenvalue weighted by Crippen LogP contribution is 2.36. The molecule has 0 spiro atoms. The molecule has 0 unspecified atom stereocenters. The lowest BCUT2D eigenvalue weighted by molar-refractivity contribution is 0.100. The van der Waals surface area contributed by atoms with Gasteiger partial charge in [-0.25, -0.2) is 15.1 Å². The monoisotopic (exact) mass is 572 g/mol. The van der Waals surface area contributed by atoms with Gasteiger partial charge in [-0.1, -0.05) is 6.07 Å². The number of anilines is 1. The molecule has 12 heteroatoms. The minimum absolute atomic E-state index is 0.0170. The lowest BCUT2D eigenvalue weighted by Crippen LogP contribution is -2.24. The third-order valence-corrected chi connectivity index (χ3v) is 9.17. The molecule has 2 aliphatic rings. The number of methoxy groups -OCH3 is 1. The Kier molecular flexibility index (Phi) is 8.01. The SMILES string of the molecule is COc1ccc2c(c1)N(Cc1cc(C(=O)c3cncnc3C[C@@H]3C[C@H](COS(N)(=O)=O)[C@@H](O)C3)sc1C)CC2. The van der Waals surface area contributed by atoms with E-state index in [2.05, 4.69) is 27.0 Å². The number of nitrogens with zero attached hydrogens (tertiary/aromatic N) is 3. The molecular weight excluding hydrogens is 540 g/mol. The van der Waals surface area contributed by atoms with Crippen LogP contribution >= 0.6 is 11.3 Å². The molecule has 208 valence electrons. The van der Waals surface area contributed by atoms with Crippen LogP contribution in [0.3, 0.4) is 0 Å². The average molecular weight is 573 g/mol. The first-order valence-electron chi connectivity index (χ1n) is 12.8. The van der Waals surface area contributed by atoms with Crippen LogP contribution in [0.25, 0.3) is 0 Å². The van der Waals surface area contributed by atoms with Crippen molar-refractivity contribution in [3.63, 3.8) is 0 Å². The minimum Gasteiger partial charge on any atom is -0.497 e. The predicted molar refractivity (Wildman–Crippen MR) is 147 cm³/mol. The van der Waals surface area contributed by atoms with Gasteiger partial charge in [0.2, 0.25) is 5.78 Å². The molecule has 1 aromatic carbocycles. The largest absolute Gasteiger partial charge is 0.497 e. The highest BCUT2D eigenvalue weighted by atomic mass is 32.2. The summed E-state index contributed by atoms with van der Waals surface area (Å²) >= 11 is 1.47. The summed E-state index contributed by atoms with van der Waals surface area (Å²) in [6.07, 6.45) is 4.70. The molecule has 0 saturated heterocycles. The molecule has 1 aliphatic carbocycles. The molecule has 1 saturated carbocycles. The van der Waals surface area contributed by atoms with Gasteiger partial charge < -0.3 is 14.7 Å². The predicted octanol–water partition coefficient (Wildman–Crippen LogP) is 2.80. The van der Waals surface area contributed by atoms with Gasteiger partial charge in [0.05, 0.1) is 36.0 Å². The molecule has 0 bridgehead atoms. The van der Waals surface area contributed by atoms with Crippen molar-refractivity contribution in [2.45, 2.75) is 45.3 Å². The Balaban J connectivity index is 1.29. The van der Waals surface area contributed by atoms with E-state index in [4.69, 9.17) is 14.1 Å². The van der Waals surface area contributed by atoms with Crippen LogP contribution in [0.15, 0.2) is 36.8 Å². The lowest BCUT2D eigenvalue weighted by Gasteiger charge is -2.19. The van der Waals surface area contributed by atoms with Crippen molar-refractivity contribution in [3.05, 3.63) is 68.9 Å². The van der Waals surface area contributed by atoms with E-state index in [1.165, 1.54) is 23.2 Å². The number of fused-ring (bicyclic) bond motifs is 1. The summed E-state index contributed by atoms with van der Waals surface area (Å²) in [6.45, 7) is 3.48. The van der Waals surface area contributed by atoms with Gasteiger partial charge in [0.1, 0.15) is 12.1 Å². The van der Waals surface area contributed by atoms with Crippen LogP contribution in [0.5, 0.6) is 5.75 Å². The maximum atomic E-state index is 13.6. The number of aromatic nitrogens is 2. The quantitative estimate of drug-likeness (QED) is 0.350. The Morgan fingerprint density at radius 3 is 2.87 bits per heavy atom. The Bertz CT molecular complexity index is 1470. The van der Waals surface area contributed by atoms with Crippen LogP contribution in [-0.2, 0) is 33.9 Å². The zero-order chi connectivity index (χ0) is 27.7. The molecule has 39 heavy (non-hydrogen) atoms. The van der Waals surface area contributed by atoms with Gasteiger partial charge in [0.25, 0.3) is 0 Å². The van der Waals surface area contributed by atoms with Crippen molar-refractivity contribution in [2.24, 2.45) is 17.0 Å². The summed E-state index contributed by atoms with van der Waals surface area (Å²) < 4.78 is 32.4. The standard InChI is InChI=1S/C27H32N4O6S2/c1-16-19(13-31-6-5-18-3-4-21(36-2)11-24(18)31)10-26(38-16)27(33)22-12-29-15-30-23(22)8-17-7-20(25(32)9-17)14-37-39(28,34)35/h3-4,10-12,15,17,20,25,32H,5-9,13-14H2,1-2H3,(H2,28,34,35)/t17-,20+,25-/m0/s1. The van der Waals surface area contributed by atoms with Gasteiger partial charge in [0.15, 0.2) is 0 Å². The molecule has 1 aliphatic heterocycles. The van der Waals surface area contributed by atoms with Crippen LogP contribution in [0, 0.1) is 18.8 Å². The van der Waals surface area contributed by atoms with Crippen LogP contribution in [0.1, 0.15) is 49.8 Å². The van der Waals surface area contributed by atoms with Gasteiger partial charge in [-0.15, -0.1) is 11.3 Å². The minimum atomic E-state index is -4.07. The maximum absolute atomic E-state index is 13.6. The molecule has 0 amide bonds. The van der Waals surface area contributed by atoms with E-state index in [-0.39, 0.29) is 24.2 Å². The number of benzene rings is 1. The number of aliphatic hydroxyl groups is 1. The second-order valence-corrected chi connectivity index (χ2v) is 12.7. The molecule has 1 fully saturated rings. The van der Waals surface area contributed by atoms with Crippen LogP contribution in [0.4, 0.5) is 5.69 Å². The summed E-state index contributed by atoms with van der Waals surface area (Å²) in [5.41, 5.74) is 4.63. The summed E-state index contributed by atoms with van der Waals surface area (Å²) in [4.78, 5) is 26.2. The molecule has 5 rings (SSSR count). The first kappa shape index (κ1) is 27.7. The van der Waals surface area contributed by atoms with Crippen molar-refractivity contribution < 1.29 is 27.2 Å². The number of hydrogen-bond acceptors (Lipinski definition) is 10. The number of rotatable bonds is 10. The van der Waals surface area contributed by atoms with E-state index in [0.717, 1.165) is 34.8 Å². The molecule has 3 heterocycles. The van der Waals surface area contributed by atoms with Crippen LogP contribution in [-0.4, -0.2) is 55.6 Å². The average Bonchev–Trinajstić information content (AvgIpc) is 3.59. The second-order valence-electron chi connectivity index (χ2n) is 10.2. The number of ketones is 1. The number of hydrogen-bond donors (Lipinski definition) is 2. The summed E-state index contributed by atoms with van der Waals surface area (Å²) in [6, 6.07) is 8.13. The van der Waals surface area contributed by atoms with E-state index >= 15 is 0 Å². The van der Waals surface area contributed by atoms with Gasteiger partial charge in [0, 0.05) is 41.8 Å². The van der Waals surface area contributed by atoms with Crippen LogP contribution in [0.2, 0.25) is 0 Å². The first-order chi connectivity index (χ1) is 18.6. The van der Waals surface area contributed by atoms with Gasteiger partial charge in [-0.05, 0) is 61.8 Å². The fourth-order valence-electron chi connectivity index (χ4n) is 5.57. The number of aliphatic hydroxyl groups excluding tert-OH is 1. The number of carbonyl (C=O) groups is 1. The van der Waals surface area contributed by atoms with Crippen molar-refractivity contribution in [1.29, 1.82) is 0 Å². The molecule has 2 aromatic heterocycles. The van der Waals surface area contributed by atoms with Crippen molar-refractivity contribution in [1.82, 2.24) is 9.97 Å². The highest BCUT2D eigenvalue weighted by molar-refractivity contribution is 7.84. The Labute approximate surface area is 232 Å². The lowest BCUT2D eigenvalue weighted by atomic mass is 9.96. The Morgan fingerprint density at radius 2 is 2.10 bits per heavy atom. The van der Waals surface area contributed by atoms with E-state index in [1.807, 2.05) is 19.1 Å². The molecule has 3 aromatic rings. The topological polar surface area (TPSA) is 145 Å². The number of aryl methyl sites for hydroxylation is 1. The fourth-order valence-corrected chi connectivity index (χ4v) is 6.92. The van der Waals surface area contributed by atoms with E-state index < -0.39 is 16.4 Å². The van der Waals surface area contributed by atoms with Gasteiger partial charge in [-0.2, -0.15) is 8.42 Å². The third kappa shape index (κ3) is 6.30. The van der Waals surface area contributed by atoms with E-state index in [9.17, 15) is 18.3 Å². The smallest absolute Gasteiger partial charge is 0.333 e. The molecular formula is C27H32N4O6S2.